The molecule has 0 aromatic carbocycles. The van der Waals surface area contributed by atoms with Crippen molar-refractivity contribution in [2.45, 2.75) is 6.54 Å². The van der Waals surface area contributed by atoms with Crippen LogP contribution in [0.3, 0.4) is 0 Å². The maximum Gasteiger partial charge on any atom is 0.247 e. The van der Waals surface area contributed by atoms with Gasteiger partial charge < -0.3 is 9.73 Å². The molecule has 2 heterocycles. The third-order valence-electron chi connectivity index (χ3n) is 1.59. The highest BCUT2D eigenvalue weighted by Gasteiger charge is 2.05. The normalized spacial score (nSPS) is 10.9. The lowest BCUT2D eigenvalue weighted by molar-refractivity contribution is 0.504. The van der Waals surface area contributed by atoms with E-state index in [0.717, 1.165) is 0 Å². The minimum Gasteiger partial charge on any atom is -0.421 e. The van der Waals surface area contributed by atoms with Crippen molar-refractivity contribution < 1.29 is 4.42 Å². The van der Waals surface area contributed by atoms with E-state index in [2.05, 4.69) is 15.3 Å². The number of nitrogens with one attached hydrogen (secondary N) is 1. The van der Waals surface area contributed by atoms with Gasteiger partial charge in [-0.2, -0.15) is 0 Å². The highest BCUT2D eigenvalue weighted by Crippen LogP contribution is 2.16. The molecular formula is C8H8ClN3O. The minimum absolute atomic E-state index is 0.523. The Morgan fingerprint density at radius 2 is 2.46 bits per heavy atom. The molecule has 2 rings (SSSR count). The molecule has 0 amide bonds. The third kappa shape index (κ3) is 1.64. The zero-order valence-electron chi connectivity index (χ0n) is 7.04. The molecule has 68 valence electrons. The van der Waals surface area contributed by atoms with Crippen LogP contribution < -0.4 is 5.32 Å². The first-order valence-electron chi connectivity index (χ1n) is 3.85. The highest BCUT2D eigenvalue weighted by atomic mass is 35.5. The summed E-state index contributed by atoms with van der Waals surface area (Å²) >= 11 is 5.75. The topological polar surface area (TPSA) is 51.0 Å². The molecule has 4 nitrogen and oxygen atoms in total. The number of hydrogen-bond donors (Lipinski definition) is 1. The van der Waals surface area contributed by atoms with Crippen molar-refractivity contribution in [3.8, 4) is 0 Å². The third-order valence-corrected chi connectivity index (χ3v) is 1.79. The van der Waals surface area contributed by atoms with E-state index < -0.39 is 0 Å². The van der Waals surface area contributed by atoms with Crippen LogP contribution >= 0.6 is 11.6 Å². The van der Waals surface area contributed by atoms with Crippen molar-refractivity contribution in [2.75, 3.05) is 7.05 Å². The van der Waals surface area contributed by atoms with E-state index >= 15 is 0 Å². The average Bonchev–Trinajstić information content (AvgIpc) is 2.46. The number of halogens is 1. The van der Waals surface area contributed by atoms with Gasteiger partial charge in [-0.25, -0.2) is 9.97 Å². The van der Waals surface area contributed by atoms with Crippen molar-refractivity contribution in [3.05, 3.63) is 23.2 Å². The van der Waals surface area contributed by atoms with Crippen molar-refractivity contribution in [1.82, 2.24) is 15.3 Å². The van der Waals surface area contributed by atoms with Gasteiger partial charge in [0.25, 0.3) is 0 Å². The van der Waals surface area contributed by atoms with E-state index in [4.69, 9.17) is 16.0 Å². The van der Waals surface area contributed by atoms with Crippen molar-refractivity contribution in [2.24, 2.45) is 0 Å². The Morgan fingerprint density at radius 1 is 1.62 bits per heavy atom. The summed E-state index contributed by atoms with van der Waals surface area (Å²) < 4.78 is 5.32. The maximum atomic E-state index is 5.75. The summed E-state index contributed by atoms with van der Waals surface area (Å²) in [6.07, 6.45) is 1.54. The Morgan fingerprint density at radius 3 is 3.23 bits per heavy atom. The van der Waals surface area contributed by atoms with Crippen molar-refractivity contribution in [1.29, 1.82) is 0 Å². The first kappa shape index (κ1) is 8.47. The Balaban J connectivity index is 2.49. The number of aromatic nitrogens is 2. The van der Waals surface area contributed by atoms with Gasteiger partial charge in [-0.3, -0.25) is 0 Å². The summed E-state index contributed by atoms with van der Waals surface area (Å²) in [5.74, 6) is 0.618. The summed E-state index contributed by atoms with van der Waals surface area (Å²) in [6.45, 7) is 0.591. The molecule has 0 aliphatic heterocycles. The number of rotatable bonds is 2. The van der Waals surface area contributed by atoms with Gasteiger partial charge in [0, 0.05) is 6.20 Å². The predicted octanol–water partition coefficient (Wildman–Crippen LogP) is 1.60. The number of oxazole rings is 1. The van der Waals surface area contributed by atoms with E-state index in [9.17, 15) is 0 Å². The number of hydrogen-bond acceptors (Lipinski definition) is 4. The molecule has 0 spiro atoms. The number of fused-ring (bicyclic) bond motifs is 1. The molecule has 0 atom stereocenters. The predicted molar refractivity (Wildman–Crippen MR) is 49.6 cm³/mol. The van der Waals surface area contributed by atoms with Crippen LogP contribution in [0.2, 0.25) is 5.02 Å². The summed E-state index contributed by atoms with van der Waals surface area (Å²) in [5.41, 5.74) is 1.22. The van der Waals surface area contributed by atoms with Crippen LogP contribution in [0.15, 0.2) is 16.7 Å². The molecule has 0 aliphatic carbocycles. The van der Waals surface area contributed by atoms with Crippen molar-refractivity contribution in [3.63, 3.8) is 0 Å². The molecule has 0 unspecified atom stereocenters. The summed E-state index contributed by atoms with van der Waals surface area (Å²) in [6, 6.07) is 1.73. The van der Waals surface area contributed by atoms with E-state index in [-0.39, 0.29) is 0 Å². The summed E-state index contributed by atoms with van der Waals surface area (Å²) in [7, 11) is 1.83. The van der Waals surface area contributed by atoms with Gasteiger partial charge in [0.1, 0.15) is 5.52 Å². The maximum absolute atomic E-state index is 5.75. The largest absolute Gasteiger partial charge is 0.421 e. The Kier molecular flexibility index (Phi) is 2.16. The van der Waals surface area contributed by atoms with Crippen LogP contribution in [0.5, 0.6) is 0 Å². The second-order valence-corrected chi connectivity index (χ2v) is 3.05. The van der Waals surface area contributed by atoms with Crippen LogP contribution in [-0.4, -0.2) is 17.0 Å². The first-order chi connectivity index (χ1) is 6.29. The zero-order valence-corrected chi connectivity index (χ0v) is 7.80. The standard InChI is InChI=1S/C8H8ClN3O/c1-10-4-7-12-6-2-5(9)3-11-8(6)13-7/h2-3,10H,4H2,1H3. The smallest absolute Gasteiger partial charge is 0.247 e. The van der Waals surface area contributed by atoms with Gasteiger partial charge in [0.15, 0.2) is 0 Å². The molecule has 0 aliphatic rings. The van der Waals surface area contributed by atoms with E-state index in [0.29, 0.717) is 28.7 Å². The van der Waals surface area contributed by atoms with Crippen LogP contribution in [0, 0.1) is 0 Å². The quantitative estimate of drug-likeness (QED) is 0.795. The van der Waals surface area contributed by atoms with Gasteiger partial charge in [-0.05, 0) is 13.1 Å². The van der Waals surface area contributed by atoms with Crippen LogP contribution in [0.25, 0.3) is 11.2 Å². The zero-order chi connectivity index (χ0) is 9.26. The highest BCUT2D eigenvalue weighted by molar-refractivity contribution is 6.30. The van der Waals surface area contributed by atoms with Gasteiger partial charge in [0.05, 0.1) is 11.6 Å². The Hall–Kier alpha value is -1.13. The number of pyridine rings is 1. The second kappa shape index (κ2) is 3.32. The van der Waals surface area contributed by atoms with Crippen molar-refractivity contribution >= 4 is 22.8 Å². The molecule has 0 bridgehead atoms. The van der Waals surface area contributed by atoms with Crippen LogP contribution in [0.4, 0.5) is 0 Å². The molecule has 0 fully saturated rings. The van der Waals surface area contributed by atoms with Gasteiger partial charge in [-0.1, -0.05) is 11.6 Å². The van der Waals surface area contributed by atoms with E-state index in [1.54, 1.807) is 6.07 Å². The van der Waals surface area contributed by atoms with Gasteiger partial charge >= 0.3 is 0 Å². The lowest BCUT2D eigenvalue weighted by Gasteiger charge is -1.87. The summed E-state index contributed by atoms with van der Waals surface area (Å²) in [4.78, 5) is 8.18. The van der Waals surface area contributed by atoms with Crippen LogP contribution in [0.1, 0.15) is 5.89 Å². The van der Waals surface area contributed by atoms with Gasteiger partial charge in [-0.15, -0.1) is 0 Å². The lowest BCUT2D eigenvalue weighted by atomic mass is 10.4. The lowest BCUT2D eigenvalue weighted by Crippen LogP contribution is -2.04. The number of nitrogens with zero attached hydrogens (tertiary/aromatic N) is 2. The van der Waals surface area contributed by atoms with Crippen LogP contribution in [-0.2, 0) is 6.54 Å². The Labute approximate surface area is 79.9 Å². The molecule has 2 aromatic heterocycles. The molecule has 2 aromatic rings. The molecule has 5 heteroatoms. The minimum atomic E-state index is 0.523. The van der Waals surface area contributed by atoms with E-state index in [1.807, 2.05) is 7.05 Å². The first-order valence-corrected chi connectivity index (χ1v) is 4.23. The Bertz CT molecular complexity index is 426. The molecule has 0 saturated carbocycles. The fraction of sp³-hybridized carbons (Fsp3) is 0.250. The molecule has 13 heavy (non-hydrogen) atoms. The summed E-state index contributed by atoms with van der Waals surface area (Å²) in [5, 5.41) is 3.51. The molecule has 1 N–H and O–H groups in total. The van der Waals surface area contributed by atoms with Gasteiger partial charge in [0.2, 0.25) is 11.6 Å². The fourth-order valence-corrected chi connectivity index (χ4v) is 1.22. The molecule has 0 saturated heterocycles. The molecule has 0 radical (unpaired) electrons. The fourth-order valence-electron chi connectivity index (χ4n) is 1.07. The van der Waals surface area contributed by atoms with E-state index in [1.165, 1.54) is 6.20 Å². The monoisotopic (exact) mass is 197 g/mol. The SMILES string of the molecule is CNCc1nc2cc(Cl)cnc2o1. The molecular weight excluding hydrogens is 190 g/mol. The average molecular weight is 198 g/mol. The second-order valence-electron chi connectivity index (χ2n) is 2.62.